The molecule has 0 spiro atoms. The molecule has 1 N–H and O–H groups in total. The Balaban J connectivity index is 2.09. The van der Waals surface area contributed by atoms with Gasteiger partial charge >= 0.3 is 0 Å². The minimum absolute atomic E-state index is 0.697. The lowest BCUT2D eigenvalue weighted by Gasteiger charge is -1.94. The number of rotatable bonds is 5. The van der Waals surface area contributed by atoms with Crippen molar-refractivity contribution in [3.05, 3.63) is 11.3 Å². The van der Waals surface area contributed by atoms with Crippen LogP contribution in [0.3, 0.4) is 0 Å². The third-order valence-electron chi connectivity index (χ3n) is 1.21. The summed E-state index contributed by atoms with van der Waals surface area (Å²) in [5.74, 6) is 0.864. The smallest absolute Gasteiger partial charge is 0.207 e. The van der Waals surface area contributed by atoms with Crippen LogP contribution >= 0.6 is 11.5 Å². The summed E-state index contributed by atoms with van der Waals surface area (Å²) in [5.41, 5.74) is 1.71. The molecule has 1 aromatic rings. The van der Waals surface area contributed by atoms with E-state index in [2.05, 4.69) is 14.7 Å². The zero-order valence-electron chi connectivity index (χ0n) is 5.99. The molecule has 0 atom stereocenters. The fourth-order valence-corrected chi connectivity index (χ4v) is 1.19. The molecule has 1 heterocycles. The van der Waals surface area contributed by atoms with Crippen LogP contribution in [0.15, 0.2) is 5.51 Å². The third kappa shape index (κ3) is 3.08. The topological polar surface area (TPSA) is 54.9 Å². The molecule has 0 bridgehead atoms. The van der Waals surface area contributed by atoms with E-state index < -0.39 is 0 Å². The van der Waals surface area contributed by atoms with Crippen molar-refractivity contribution in [2.24, 2.45) is 0 Å². The Hall–Kier alpha value is -0.970. The highest BCUT2D eigenvalue weighted by atomic mass is 32.1. The predicted molar refractivity (Wildman–Crippen MR) is 42.3 cm³/mol. The van der Waals surface area contributed by atoms with E-state index in [9.17, 15) is 4.79 Å². The van der Waals surface area contributed by atoms with E-state index in [1.54, 1.807) is 5.51 Å². The maximum Gasteiger partial charge on any atom is 0.207 e. The molecule has 0 unspecified atom stereocenters. The van der Waals surface area contributed by atoms with Gasteiger partial charge in [-0.1, -0.05) is 0 Å². The van der Waals surface area contributed by atoms with E-state index >= 15 is 0 Å². The van der Waals surface area contributed by atoms with Gasteiger partial charge in [0.1, 0.15) is 11.3 Å². The maximum atomic E-state index is 9.83. The molecular weight excluding hydrogens is 162 g/mol. The molecule has 1 rings (SSSR count). The minimum Gasteiger partial charge on any atom is -0.359 e. The van der Waals surface area contributed by atoms with Crippen molar-refractivity contribution in [1.82, 2.24) is 14.7 Å². The van der Waals surface area contributed by atoms with E-state index in [4.69, 9.17) is 0 Å². The lowest BCUT2D eigenvalue weighted by molar-refractivity contribution is -0.109. The summed E-state index contributed by atoms with van der Waals surface area (Å²) in [6.07, 6.45) is 2.44. The van der Waals surface area contributed by atoms with Gasteiger partial charge in [-0.3, -0.25) is 4.79 Å². The fraction of sp³-hybridized carbons (Fsp3) is 0.500. The zero-order chi connectivity index (χ0) is 7.94. The molecule has 0 aromatic carbocycles. The molecule has 5 heteroatoms. The zero-order valence-corrected chi connectivity index (χ0v) is 6.80. The molecule has 0 aliphatic carbocycles. The standard InChI is InChI=1S/C6H9N3OS/c10-4-7-3-1-2-6-8-5-11-9-6/h4-5H,1-3H2,(H,7,10). The number of nitrogens with one attached hydrogen (secondary N) is 1. The average Bonchev–Trinajstić information content (AvgIpc) is 2.50. The Morgan fingerprint density at radius 3 is 3.27 bits per heavy atom. The van der Waals surface area contributed by atoms with Gasteiger partial charge in [0.2, 0.25) is 6.41 Å². The molecule has 0 saturated heterocycles. The lowest BCUT2D eigenvalue weighted by Crippen LogP contribution is -2.12. The number of carbonyl (C=O) groups is 1. The van der Waals surface area contributed by atoms with Gasteiger partial charge in [0.15, 0.2) is 0 Å². The number of amides is 1. The van der Waals surface area contributed by atoms with E-state index in [1.165, 1.54) is 11.5 Å². The number of hydrogen-bond donors (Lipinski definition) is 1. The first kappa shape index (κ1) is 8.13. The highest BCUT2D eigenvalue weighted by Gasteiger charge is 1.94. The molecule has 0 aliphatic heterocycles. The number of aromatic nitrogens is 2. The van der Waals surface area contributed by atoms with Gasteiger partial charge in [0, 0.05) is 13.0 Å². The second-order valence-corrected chi connectivity index (χ2v) is 2.63. The lowest BCUT2D eigenvalue weighted by atomic mass is 10.3. The average molecular weight is 171 g/mol. The van der Waals surface area contributed by atoms with E-state index in [0.717, 1.165) is 18.7 Å². The van der Waals surface area contributed by atoms with Gasteiger partial charge in [-0.25, -0.2) is 4.98 Å². The van der Waals surface area contributed by atoms with Crippen molar-refractivity contribution in [3.63, 3.8) is 0 Å². The Kier molecular flexibility index (Phi) is 3.54. The quantitative estimate of drug-likeness (QED) is 0.509. The third-order valence-corrected chi connectivity index (χ3v) is 1.73. The van der Waals surface area contributed by atoms with Crippen molar-refractivity contribution in [3.8, 4) is 0 Å². The van der Waals surface area contributed by atoms with Crippen molar-refractivity contribution in [2.75, 3.05) is 6.54 Å². The molecule has 4 nitrogen and oxygen atoms in total. The van der Waals surface area contributed by atoms with Crippen LogP contribution in [0.2, 0.25) is 0 Å². The number of aryl methyl sites for hydroxylation is 1. The van der Waals surface area contributed by atoms with Gasteiger partial charge in [-0.15, -0.1) is 0 Å². The highest BCUT2D eigenvalue weighted by molar-refractivity contribution is 7.03. The molecule has 1 aromatic heterocycles. The Bertz CT molecular complexity index is 200. The molecule has 0 aliphatic rings. The highest BCUT2D eigenvalue weighted by Crippen LogP contribution is 1.96. The van der Waals surface area contributed by atoms with Crippen molar-refractivity contribution in [1.29, 1.82) is 0 Å². The summed E-state index contributed by atoms with van der Waals surface area (Å²) >= 11 is 1.35. The van der Waals surface area contributed by atoms with E-state index in [0.29, 0.717) is 13.0 Å². The second-order valence-electron chi connectivity index (χ2n) is 2.02. The van der Waals surface area contributed by atoms with Crippen LogP contribution in [0.5, 0.6) is 0 Å². The van der Waals surface area contributed by atoms with Crippen LogP contribution in [0.1, 0.15) is 12.2 Å². The monoisotopic (exact) mass is 171 g/mol. The van der Waals surface area contributed by atoms with Gasteiger partial charge in [0.25, 0.3) is 0 Å². The fourth-order valence-electron chi connectivity index (χ4n) is 0.710. The largest absolute Gasteiger partial charge is 0.359 e. The van der Waals surface area contributed by atoms with Crippen molar-refractivity contribution in [2.45, 2.75) is 12.8 Å². The van der Waals surface area contributed by atoms with Gasteiger partial charge in [-0.2, -0.15) is 4.37 Å². The number of carbonyl (C=O) groups excluding carboxylic acids is 1. The number of nitrogens with zero attached hydrogens (tertiary/aromatic N) is 2. The normalized spacial score (nSPS) is 9.45. The van der Waals surface area contributed by atoms with Crippen LogP contribution in [-0.4, -0.2) is 22.3 Å². The molecule has 11 heavy (non-hydrogen) atoms. The van der Waals surface area contributed by atoms with Crippen LogP contribution in [0, 0.1) is 0 Å². The first-order chi connectivity index (χ1) is 5.43. The van der Waals surface area contributed by atoms with E-state index in [1.807, 2.05) is 0 Å². The van der Waals surface area contributed by atoms with Crippen LogP contribution in [0.25, 0.3) is 0 Å². The second kappa shape index (κ2) is 4.79. The van der Waals surface area contributed by atoms with E-state index in [-0.39, 0.29) is 0 Å². The van der Waals surface area contributed by atoms with Crippen LogP contribution in [-0.2, 0) is 11.2 Å². The summed E-state index contributed by atoms with van der Waals surface area (Å²) < 4.78 is 4.03. The summed E-state index contributed by atoms with van der Waals surface area (Å²) in [6, 6.07) is 0. The van der Waals surface area contributed by atoms with Crippen LogP contribution < -0.4 is 5.32 Å². The SMILES string of the molecule is O=CNCCCc1ncsn1. The summed E-state index contributed by atoms with van der Waals surface area (Å²) in [7, 11) is 0. The molecule has 1 amide bonds. The molecule has 0 fully saturated rings. The maximum absolute atomic E-state index is 9.83. The summed E-state index contributed by atoms with van der Waals surface area (Å²) in [5, 5.41) is 2.58. The Labute approximate surface area is 68.8 Å². The molecule has 0 saturated carbocycles. The first-order valence-corrected chi connectivity index (χ1v) is 4.19. The molecular formula is C6H9N3OS. The van der Waals surface area contributed by atoms with Crippen molar-refractivity contribution < 1.29 is 4.79 Å². The number of hydrogen-bond acceptors (Lipinski definition) is 4. The van der Waals surface area contributed by atoms with Crippen molar-refractivity contribution >= 4 is 17.9 Å². The molecule has 60 valence electrons. The van der Waals surface area contributed by atoms with Crippen LogP contribution in [0.4, 0.5) is 0 Å². The predicted octanol–water partition coefficient (Wildman–Crippen LogP) is 0.217. The minimum atomic E-state index is 0.697. The van der Waals surface area contributed by atoms with Gasteiger partial charge in [-0.05, 0) is 18.0 Å². The van der Waals surface area contributed by atoms with Gasteiger partial charge < -0.3 is 5.32 Å². The Morgan fingerprint density at radius 1 is 1.73 bits per heavy atom. The Morgan fingerprint density at radius 2 is 2.64 bits per heavy atom. The first-order valence-electron chi connectivity index (χ1n) is 3.36. The molecule has 0 radical (unpaired) electrons. The summed E-state index contributed by atoms with van der Waals surface area (Å²) in [4.78, 5) is 13.8. The van der Waals surface area contributed by atoms with Gasteiger partial charge in [0.05, 0.1) is 0 Å². The summed E-state index contributed by atoms with van der Waals surface area (Å²) in [6.45, 7) is 0.697.